The number of nitro groups is 1. The first-order valence-electron chi connectivity index (χ1n) is 8.44. The summed E-state index contributed by atoms with van der Waals surface area (Å²) in [6.07, 6.45) is 0. The third kappa shape index (κ3) is 4.43. The number of piperazine rings is 1. The Balaban J connectivity index is 1.48. The number of thiophene rings is 1. The summed E-state index contributed by atoms with van der Waals surface area (Å²) >= 11 is 1.30. The lowest BCUT2D eigenvalue weighted by Crippen LogP contribution is -2.49. The molecule has 0 bridgehead atoms. The molecule has 0 N–H and O–H groups in total. The molecule has 1 aliphatic heterocycles. The highest BCUT2D eigenvalue weighted by Gasteiger charge is 2.23. The Morgan fingerprint density at radius 1 is 1.15 bits per heavy atom. The molecular weight excluding hydrogens is 370 g/mol. The maximum Gasteiger partial charge on any atom is 0.349 e. The van der Waals surface area contributed by atoms with Gasteiger partial charge < -0.3 is 14.5 Å². The van der Waals surface area contributed by atoms with Crippen molar-refractivity contribution in [3.8, 4) is 0 Å². The molecule has 1 aromatic heterocycles. The smallest absolute Gasteiger partial charge is 0.349 e. The van der Waals surface area contributed by atoms with Gasteiger partial charge in [-0.15, -0.1) is 11.3 Å². The highest BCUT2D eigenvalue weighted by atomic mass is 32.1. The predicted octanol–water partition coefficient (Wildman–Crippen LogP) is 2.47. The topological polar surface area (TPSA) is 93.0 Å². The Morgan fingerprint density at radius 2 is 1.81 bits per heavy atom. The van der Waals surface area contributed by atoms with E-state index in [9.17, 15) is 19.7 Å². The van der Waals surface area contributed by atoms with Crippen LogP contribution < -0.4 is 4.90 Å². The van der Waals surface area contributed by atoms with Crippen molar-refractivity contribution < 1.29 is 19.2 Å². The number of aryl methyl sites for hydroxylation is 1. The van der Waals surface area contributed by atoms with E-state index in [2.05, 4.69) is 4.90 Å². The molecule has 27 heavy (non-hydrogen) atoms. The summed E-state index contributed by atoms with van der Waals surface area (Å²) < 4.78 is 5.13. The summed E-state index contributed by atoms with van der Waals surface area (Å²) in [6, 6.07) is 8.19. The lowest BCUT2D eigenvalue weighted by molar-refractivity contribution is -0.384. The number of carbonyl (C=O) groups is 2. The van der Waals surface area contributed by atoms with Gasteiger partial charge in [-0.1, -0.05) is 0 Å². The van der Waals surface area contributed by atoms with Crippen molar-refractivity contribution in [2.45, 2.75) is 6.92 Å². The van der Waals surface area contributed by atoms with Crippen LogP contribution in [0, 0.1) is 17.0 Å². The fourth-order valence-corrected chi connectivity index (χ4v) is 3.68. The number of non-ortho nitro benzene ring substituents is 1. The molecule has 2 aromatic rings. The molecule has 9 heteroatoms. The average molecular weight is 389 g/mol. The molecule has 2 heterocycles. The zero-order chi connectivity index (χ0) is 19.4. The average Bonchev–Trinajstić information content (AvgIpc) is 3.12. The second-order valence-corrected chi connectivity index (χ2v) is 7.07. The zero-order valence-electron chi connectivity index (χ0n) is 14.8. The predicted molar refractivity (Wildman–Crippen MR) is 101 cm³/mol. The Morgan fingerprint density at radius 3 is 2.37 bits per heavy atom. The van der Waals surface area contributed by atoms with E-state index < -0.39 is 10.9 Å². The maximum atomic E-state index is 12.3. The quantitative estimate of drug-likeness (QED) is 0.443. The minimum atomic E-state index is -0.472. The third-order valence-electron chi connectivity index (χ3n) is 4.43. The number of nitrogens with zero attached hydrogens (tertiary/aromatic N) is 3. The van der Waals surface area contributed by atoms with Gasteiger partial charge in [0.05, 0.1) is 4.92 Å². The summed E-state index contributed by atoms with van der Waals surface area (Å²) in [5.41, 5.74) is 1.77. The Hall–Kier alpha value is -2.94. The number of esters is 1. The van der Waals surface area contributed by atoms with E-state index >= 15 is 0 Å². The molecule has 142 valence electrons. The standard InChI is InChI=1S/C18H19N3O5S/c1-13-6-11-27-17(13)18(23)26-12-16(22)20-9-7-19(8-10-20)14-2-4-15(5-3-14)21(24)25/h2-6,11H,7-10,12H2,1H3. The summed E-state index contributed by atoms with van der Waals surface area (Å²) in [5.74, 6) is -0.693. The normalized spacial score (nSPS) is 14.1. The minimum Gasteiger partial charge on any atom is -0.451 e. The largest absolute Gasteiger partial charge is 0.451 e. The van der Waals surface area contributed by atoms with Gasteiger partial charge in [-0.25, -0.2) is 4.79 Å². The number of anilines is 1. The molecule has 0 spiro atoms. The lowest BCUT2D eigenvalue weighted by atomic mass is 10.2. The van der Waals surface area contributed by atoms with Crippen LogP contribution in [-0.2, 0) is 9.53 Å². The molecule has 1 aliphatic rings. The molecule has 0 radical (unpaired) electrons. The summed E-state index contributed by atoms with van der Waals surface area (Å²) in [4.78, 5) is 38.8. The first-order chi connectivity index (χ1) is 13.0. The van der Waals surface area contributed by atoms with E-state index in [1.807, 2.05) is 18.4 Å². The summed E-state index contributed by atoms with van der Waals surface area (Å²) in [5, 5.41) is 12.5. The molecule has 0 unspecified atom stereocenters. The van der Waals surface area contributed by atoms with E-state index in [0.717, 1.165) is 11.3 Å². The summed E-state index contributed by atoms with van der Waals surface area (Å²) in [7, 11) is 0. The number of hydrogen-bond donors (Lipinski definition) is 0. The molecule has 8 nitrogen and oxygen atoms in total. The van der Waals surface area contributed by atoms with Crippen molar-refractivity contribution in [2.24, 2.45) is 0 Å². The van der Waals surface area contributed by atoms with Crippen LogP contribution in [0.25, 0.3) is 0 Å². The monoisotopic (exact) mass is 389 g/mol. The van der Waals surface area contributed by atoms with Crippen LogP contribution in [0.4, 0.5) is 11.4 Å². The van der Waals surface area contributed by atoms with E-state index in [1.165, 1.54) is 23.5 Å². The van der Waals surface area contributed by atoms with Crippen LogP contribution in [0.15, 0.2) is 35.7 Å². The van der Waals surface area contributed by atoms with Gasteiger partial charge in [0.25, 0.3) is 11.6 Å². The van der Waals surface area contributed by atoms with E-state index in [0.29, 0.717) is 31.1 Å². The molecule has 0 atom stereocenters. The highest BCUT2D eigenvalue weighted by molar-refractivity contribution is 7.12. The van der Waals surface area contributed by atoms with Gasteiger partial charge in [0, 0.05) is 44.0 Å². The number of ether oxygens (including phenoxy) is 1. The second-order valence-electron chi connectivity index (χ2n) is 6.15. The third-order valence-corrected chi connectivity index (χ3v) is 5.43. The molecule has 3 rings (SSSR count). The molecule has 1 aromatic carbocycles. The van der Waals surface area contributed by atoms with Crippen molar-refractivity contribution in [3.05, 3.63) is 56.3 Å². The van der Waals surface area contributed by atoms with E-state index in [1.54, 1.807) is 17.0 Å². The number of rotatable bonds is 5. The number of hydrogen-bond acceptors (Lipinski definition) is 7. The molecule has 1 amide bonds. The zero-order valence-corrected chi connectivity index (χ0v) is 15.6. The second kappa shape index (κ2) is 8.17. The van der Waals surface area contributed by atoms with Gasteiger partial charge in [0.2, 0.25) is 0 Å². The van der Waals surface area contributed by atoms with Crippen LogP contribution in [0.3, 0.4) is 0 Å². The number of benzene rings is 1. The lowest BCUT2D eigenvalue weighted by Gasteiger charge is -2.36. The van der Waals surface area contributed by atoms with Gasteiger partial charge in [-0.05, 0) is 36.1 Å². The first-order valence-corrected chi connectivity index (χ1v) is 9.32. The van der Waals surface area contributed by atoms with Gasteiger partial charge in [0.1, 0.15) is 4.88 Å². The SMILES string of the molecule is Cc1ccsc1C(=O)OCC(=O)N1CCN(c2ccc([N+](=O)[O-])cc2)CC1. The molecule has 1 saturated heterocycles. The Labute approximate surface area is 160 Å². The first kappa shape index (κ1) is 18.8. The van der Waals surface area contributed by atoms with Crippen molar-refractivity contribution in [1.29, 1.82) is 0 Å². The van der Waals surface area contributed by atoms with E-state index in [4.69, 9.17) is 4.74 Å². The fourth-order valence-electron chi connectivity index (χ4n) is 2.87. The van der Waals surface area contributed by atoms with Crippen LogP contribution in [0.1, 0.15) is 15.2 Å². The van der Waals surface area contributed by atoms with Gasteiger partial charge in [0.15, 0.2) is 6.61 Å². The van der Waals surface area contributed by atoms with Gasteiger partial charge >= 0.3 is 5.97 Å². The van der Waals surface area contributed by atoms with Gasteiger partial charge in [-0.2, -0.15) is 0 Å². The van der Waals surface area contributed by atoms with Crippen molar-refractivity contribution in [1.82, 2.24) is 4.90 Å². The van der Waals surface area contributed by atoms with Crippen molar-refractivity contribution in [2.75, 3.05) is 37.7 Å². The van der Waals surface area contributed by atoms with Crippen molar-refractivity contribution in [3.63, 3.8) is 0 Å². The summed E-state index contributed by atoms with van der Waals surface area (Å²) in [6.45, 7) is 3.79. The Bertz CT molecular complexity index is 841. The van der Waals surface area contributed by atoms with Gasteiger partial charge in [-0.3, -0.25) is 14.9 Å². The number of carbonyl (C=O) groups excluding carboxylic acids is 2. The Kier molecular flexibility index (Phi) is 5.70. The van der Waals surface area contributed by atoms with Crippen molar-refractivity contribution >= 4 is 34.6 Å². The minimum absolute atomic E-state index is 0.0513. The fraction of sp³-hybridized carbons (Fsp3) is 0.333. The van der Waals surface area contributed by atoms with E-state index in [-0.39, 0.29) is 18.2 Å². The van der Waals surface area contributed by atoms with Crippen LogP contribution in [0.2, 0.25) is 0 Å². The van der Waals surface area contributed by atoms with Crippen LogP contribution in [0.5, 0.6) is 0 Å². The van der Waals surface area contributed by atoms with Crippen LogP contribution >= 0.6 is 11.3 Å². The molecule has 0 aliphatic carbocycles. The van der Waals surface area contributed by atoms with Crippen LogP contribution in [-0.4, -0.2) is 54.5 Å². The molecule has 0 saturated carbocycles. The molecular formula is C18H19N3O5S. The number of nitro benzene ring substituents is 1. The number of amides is 1. The molecule has 1 fully saturated rings. The maximum absolute atomic E-state index is 12.3. The highest BCUT2D eigenvalue weighted by Crippen LogP contribution is 2.21.